The van der Waals surface area contributed by atoms with Crippen molar-refractivity contribution in [1.29, 1.82) is 0 Å². The van der Waals surface area contributed by atoms with Gasteiger partial charge in [-0.05, 0) is 31.1 Å². The molecule has 5 rings (SSSR count). The lowest BCUT2D eigenvalue weighted by molar-refractivity contribution is 0.00648. The number of pyridine rings is 1. The van der Waals surface area contributed by atoms with E-state index in [0.29, 0.717) is 28.4 Å². The molecule has 0 saturated heterocycles. The van der Waals surface area contributed by atoms with Crippen molar-refractivity contribution in [3.63, 3.8) is 0 Å². The molecule has 2 aliphatic carbocycles. The zero-order valence-electron chi connectivity index (χ0n) is 15.8. The monoisotopic (exact) mass is 385 g/mol. The topological polar surface area (TPSA) is 64.3 Å². The summed E-state index contributed by atoms with van der Waals surface area (Å²) >= 11 is 0. The molecule has 28 heavy (non-hydrogen) atoms. The van der Waals surface area contributed by atoms with E-state index in [1.54, 1.807) is 11.6 Å². The summed E-state index contributed by atoms with van der Waals surface area (Å²) in [5.74, 6) is -0.491. The summed E-state index contributed by atoms with van der Waals surface area (Å²) in [6.45, 7) is 0. The molecule has 1 N–H and O–H groups in total. The molecule has 0 aliphatic heterocycles. The zero-order chi connectivity index (χ0) is 19.5. The molecule has 6 nitrogen and oxygen atoms in total. The minimum absolute atomic E-state index is 0.00550. The van der Waals surface area contributed by atoms with Crippen molar-refractivity contribution in [2.24, 2.45) is 5.41 Å². The second kappa shape index (κ2) is 6.12. The largest absolute Gasteiger partial charge is 0.495 e. The van der Waals surface area contributed by atoms with Crippen molar-refractivity contribution in [2.75, 3.05) is 19.5 Å². The number of methoxy groups -OCH3 is 1. The van der Waals surface area contributed by atoms with E-state index in [2.05, 4.69) is 15.3 Å². The Kier molecular flexibility index (Phi) is 3.79. The van der Waals surface area contributed by atoms with Crippen molar-refractivity contribution in [2.45, 2.75) is 38.0 Å². The van der Waals surface area contributed by atoms with Crippen LogP contribution in [0.25, 0.3) is 17.0 Å². The SMILES string of the molecule is CNc1nc(-c2cnc3cc(OC)c(C4CC5(CCC5)C4)nn23)c(F)cc1F. The molecular formula is C20H21F2N5O. The third kappa shape index (κ3) is 2.47. The molecule has 2 aliphatic rings. The van der Waals surface area contributed by atoms with Crippen LogP contribution < -0.4 is 10.1 Å². The van der Waals surface area contributed by atoms with Gasteiger partial charge in [0, 0.05) is 25.1 Å². The number of nitrogens with zero attached hydrogens (tertiary/aromatic N) is 4. The molecule has 0 radical (unpaired) electrons. The first kappa shape index (κ1) is 17.3. The Bertz CT molecular complexity index is 1070. The van der Waals surface area contributed by atoms with E-state index in [-0.39, 0.29) is 11.5 Å². The van der Waals surface area contributed by atoms with E-state index in [4.69, 9.17) is 9.84 Å². The Morgan fingerprint density at radius 3 is 2.64 bits per heavy atom. The number of aromatic nitrogens is 4. The Balaban J connectivity index is 1.61. The Hall–Kier alpha value is -2.77. The van der Waals surface area contributed by atoms with Crippen LogP contribution in [0.1, 0.15) is 43.7 Å². The zero-order valence-corrected chi connectivity index (χ0v) is 15.8. The van der Waals surface area contributed by atoms with Crippen LogP contribution >= 0.6 is 0 Å². The highest BCUT2D eigenvalue weighted by atomic mass is 19.1. The molecule has 0 atom stereocenters. The van der Waals surface area contributed by atoms with Crippen LogP contribution in [0.4, 0.5) is 14.6 Å². The summed E-state index contributed by atoms with van der Waals surface area (Å²) in [4.78, 5) is 8.41. The van der Waals surface area contributed by atoms with Gasteiger partial charge in [-0.25, -0.2) is 23.3 Å². The number of halogens is 2. The highest BCUT2D eigenvalue weighted by Gasteiger charge is 2.49. The number of hydrogen-bond acceptors (Lipinski definition) is 5. The molecule has 1 spiro atoms. The third-order valence-corrected chi connectivity index (χ3v) is 6.27. The van der Waals surface area contributed by atoms with Crippen molar-refractivity contribution >= 4 is 11.5 Å². The number of imidazole rings is 1. The summed E-state index contributed by atoms with van der Waals surface area (Å²) in [6.07, 6.45) is 7.62. The van der Waals surface area contributed by atoms with Crippen LogP contribution in [0.2, 0.25) is 0 Å². The minimum atomic E-state index is -0.755. The summed E-state index contributed by atoms with van der Waals surface area (Å²) in [5, 5.41) is 7.39. The lowest BCUT2D eigenvalue weighted by Gasteiger charge is -2.54. The first-order valence-electron chi connectivity index (χ1n) is 9.50. The van der Waals surface area contributed by atoms with E-state index in [1.807, 2.05) is 6.07 Å². The molecular weight excluding hydrogens is 364 g/mol. The molecule has 3 aromatic rings. The molecule has 146 valence electrons. The highest BCUT2D eigenvalue weighted by Crippen LogP contribution is 2.62. The first-order chi connectivity index (χ1) is 13.5. The van der Waals surface area contributed by atoms with E-state index >= 15 is 0 Å². The lowest BCUT2D eigenvalue weighted by atomic mass is 9.51. The van der Waals surface area contributed by atoms with Gasteiger partial charge < -0.3 is 10.1 Å². The number of ether oxygens (including phenoxy) is 1. The molecule has 0 bridgehead atoms. The summed E-state index contributed by atoms with van der Waals surface area (Å²) in [6, 6.07) is 2.64. The van der Waals surface area contributed by atoms with Crippen molar-refractivity contribution < 1.29 is 13.5 Å². The van der Waals surface area contributed by atoms with Crippen molar-refractivity contribution in [1.82, 2.24) is 19.6 Å². The molecule has 8 heteroatoms. The summed E-state index contributed by atoms with van der Waals surface area (Å²) in [7, 11) is 3.16. The van der Waals surface area contributed by atoms with Gasteiger partial charge in [0.05, 0.1) is 13.3 Å². The predicted molar refractivity (Wildman–Crippen MR) is 100 cm³/mol. The van der Waals surface area contributed by atoms with Crippen LogP contribution in [0.3, 0.4) is 0 Å². The fraction of sp³-hybridized carbons (Fsp3) is 0.450. The maximum absolute atomic E-state index is 14.5. The molecule has 3 heterocycles. The Morgan fingerprint density at radius 1 is 1.21 bits per heavy atom. The van der Waals surface area contributed by atoms with Gasteiger partial charge in [0.15, 0.2) is 23.1 Å². The second-order valence-corrected chi connectivity index (χ2v) is 7.87. The average molecular weight is 385 g/mol. The molecule has 0 unspecified atom stereocenters. The standard InChI is InChI=1S/C20H21F2N5O/c1-23-19-13(22)6-12(21)18(25-19)14-10-24-16-7-15(28-2)17(26-27(14)16)11-8-20(9-11)4-3-5-20/h6-7,10-11H,3-5,8-9H2,1-2H3,(H,23,25). The maximum atomic E-state index is 14.5. The number of hydrogen-bond donors (Lipinski definition) is 1. The Labute approximate surface area is 161 Å². The summed E-state index contributed by atoms with van der Waals surface area (Å²) in [5.41, 5.74) is 2.28. The smallest absolute Gasteiger partial charge is 0.168 e. The number of rotatable bonds is 4. The fourth-order valence-corrected chi connectivity index (χ4v) is 4.61. The number of nitrogens with one attached hydrogen (secondary N) is 1. The van der Waals surface area contributed by atoms with Crippen LogP contribution in [0, 0.1) is 17.0 Å². The fourth-order valence-electron chi connectivity index (χ4n) is 4.61. The van der Waals surface area contributed by atoms with Gasteiger partial charge in [-0.2, -0.15) is 5.10 Å². The van der Waals surface area contributed by atoms with Crippen molar-refractivity contribution in [3.05, 3.63) is 35.7 Å². The number of anilines is 1. The van der Waals surface area contributed by atoms with Crippen LogP contribution in [-0.2, 0) is 0 Å². The molecule has 3 aromatic heterocycles. The molecule has 2 fully saturated rings. The predicted octanol–water partition coefficient (Wildman–Crippen LogP) is 4.17. The summed E-state index contributed by atoms with van der Waals surface area (Å²) < 4.78 is 35.4. The molecule has 0 aromatic carbocycles. The maximum Gasteiger partial charge on any atom is 0.168 e. The van der Waals surface area contributed by atoms with Gasteiger partial charge >= 0.3 is 0 Å². The second-order valence-electron chi connectivity index (χ2n) is 7.87. The minimum Gasteiger partial charge on any atom is -0.495 e. The average Bonchev–Trinajstić information content (AvgIpc) is 3.01. The van der Waals surface area contributed by atoms with Crippen LogP contribution in [-0.4, -0.2) is 33.7 Å². The van der Waals surface area contributed by atoms with Crippen LogP contribution in [0.5, 0.6) is 5.75 Å². The van der Waals surface area contributed by atoms with Gasteiger partial charge in [0.1, 0.15) is 22.8 Å². The number of fused-ring (bicyclic) bond motifs is 1. The van der Waals surface area contributed by atoms with E-state index in [9.17, 15) is 8.78 Å². The van der Waals surface area contributed by atoms with Gasteiger partial charge in [-0.15, -0.1) is 0 Å². The third-order valence-electron chi connectivity index (χ3n) is 6.27. The van der Waals surface area contributed by atoms with Crippen LogP contribution in [0.15, 0.2) is 18.3 Å². The highest BCUT2D eigenvalue weighted by molar-refractivity contribution is 5.63. The van der Waals surface area contributed by atoms with E-state index < -0.39 is 11.6 Å². The van der Waals surface area contributed by atoms with Crippen molar-refractivity contribution in [3.8, 4) is 17.1 Å². The normalized spacial score (nSPS) is 18.1. The molecule has 0 amide bonds. The molecule has 2 saturated carbocycles. The van der Waals surface area contributed by atoms with E-state index in [0.717, 1.165) is 24.6 Å². The quantitative estimate of drug-likeness (QED) is 0.730. The van der Waals surface area contributed by atoms with Gasteiger partial charge in [0.2, 0.25) is 0 Å². The van der Waals surface area contributed by atoms with E-state index in [1.165, 1.54) is 32.5 Å². The Morgan fingerprint density at radius 2 is 2.00 bits per heavy atom. The van der Waals surface area contributed by atoms with Gasteiger partial charge in [-0.1, -0.05) is 6.42 Å². The first-order valence-corrected chi connectivity index (χ1v) is 9.50. The van der Waals surface area contributed by atoms with Gasteiger partial charge in [0.25, 0.3) is 0 Å². The lowest BCUT2D eigenvalue weighted by Crippen LogP contribution is -2.41. The van der Waals surface area contributed by atoms with Gasteiger partial charge in [-0.3, -0.25) is 0 Å².